The molecule has 2 unspecified atom stereocenters. The van der Waals surface area contributed by atoms with Crippen molar-refractivity contribution in [2.45, 2.75) is 58.9 Å². The molecule has 1 fully saturated rings. The van der Waals surface area contributed by atoms with Crippen molar-refractivity contribution in [2.75, 3.05) is 11.9 Å². The highest BCUT2D eigenvalue weighted by Gasteiger charge is 2.36. The Balaban J connectivity index is 1.48. The van der Waals surface area contributed by atoms with Gasteiger partial charge in [-0.3, -0.25) is 9.59 Å². The van der Waals surface area contributed by atoms with Gasteiger partial charge in [0.05, 0.1) is 4.88 Å². The first-order valence-corrected chi connectivity index (χ1v) is 11.7. The number of fused-ring (bicyclic) bond motifs is 1. The van der Waals surface area contributed by atoms with Gasteiger partial charge < -0.3 is 10.2 Å². The first kappa shape index (κ1) is 19.6. The number of nitrogens with zero attached hydrogens (tertiary/aromatic N) is 2. The monoisotopic (exact) mass is 417 g/mol. The lowest BCUT2D eigenvalue weighted by Crippen LogP contribution is -2.42. The van der Waals surface area contributed by atoms with Crippen LogP contribution in [-0.4, -0.2) is 34.3 Å². The highest BCUT2D eigenvalue weighted by Crippen LogP contribution is 2.40. The summed E-state index contributed by atoms with van der Waals surface area (Å²) in [6.45, 7) is 7.55. The topological polar surface area (TPSA) is 62.3 Å². The fourth-order valence-corrected chi connectivity index (χ4v) is 5.96. The number of anilines is 1. The minimum absolute atomic E-state index is 0.00324. The Labute approximate surface area is 174 Å². The molecule has 1 N–H and O–H groups in total. The summed E-state index contributed by atoms with van der Waals surface area (Å²) in [5.74, 6) is 0.527. The van der Waals surface area contributed by atoms with Gasteiger partial charge in [-0.05, 0) is 55.1 Å². The molecule has 0 bridgehead atoms. The van der Waals surface area contributed by atoms with E-state index in [2.05, 4.69) is 37.1 Å². The van der Waals surface area contributed by atoms with Gasteiger partial charge in [0.25, 0.3) is 5.91 Å². The smallest absolute Gasteiger partial charge is 0.264 e. The Morgan fingerprint density at radius 3 is 2.82 bits per heavy atom. The van der Waals surface area contributed by atoms with Crippen LogP contribution < -0.4 is 5.32 Å². The molecule has 2 aromatic heterocycles. The zero-order chi connectivity index (χ0) is 19.9. The van der Waals surface area contributed by atoms with Crippen molar-refractivity contribution in [1.29, 1.82) is 0 Å². The number of aryl methyl sites for hydroxylation is 1. The van der Waals surface area contributed by atoms with Crippen LogP contribution in [0.4, 0.5) is 5.13 Å². The van der Waals surface area contributed by atoms with Gasteiger partial charge in [-0.15, -0.1) is 22.7 Å². The quantitative estimate of drug-likeness (QED) is 0.794. The van der Waals surface area contributed by atoms with Crippen molar-refractivity contribution in [2.24, 2.45) is 11.3 Å². The zero-order valence-corrected chi connectivity index (χ0v) is 18.3. The molecule has 0 aromatic carbocycles. The molecular weight excluding hydrogens is 390 g/mol. The largest absolute Gasteiger partial charge is 0.326 e. The number of carbonyl (C=O) groups excluding carboxylic acids is 2. The molecule has 2 atom stereocenters. The van der Waals surface area contributed by atoms with Crippen LogP contribution in [0.25, 0.3) is 0 Å². The summed E-state index contributed by atoms with van der Waals surface area (Å²) >= 11 is 3.02. The molecule has 1 aliphatic carbocycles. The van der Waals surface area contributed by atoms with E-state index in [4.69, 9.17) is 0 Å². The minimum atomic E-state index is -0.405. The summed E-state index contributed by atoms with van der Waals surface area (Å²) in [6.07, 6.45) is 6.53. The molecule has 1 aliphatic heterocycles. The Bertz CT molecular complexity index is 867. The molecule has 7 heteroatoms. The van der Waals surface area contributed by atoms with E-state index in [1.165, 1.54) is 28.2 Å². The van der Waals surface area contributed by atoms with E-state index in [1.54, 1.807) is 22.4 Å². The van der Waals surface area contributed by atoms with E-state index in [9.17, 15) is 9.59 Å². The lowest BCUT2D eigenvalue weighted by Gasteiger charge is -2.33. The van der Waals surface area contributed by atoms with Gasteiger partial charge in [-0.1, -0.05) is 20.8 Å². The van der Waals surface area contributed by atoms with Gasteiger partial charge in [0, 0.05) is 23.0 Å². The van der Waals surface area contributed by atoms with Crippen LogP contribution in [0.2, 0.25) is 0 Å². The summed E-state index contributed by atoms with van der Waals surface area (Å²) in [5.41, 5.74) is 1.63. The van der Waals surface area contributed by atoms with Gasteiger partial charge in [-0.25, -0.2) is 4.98 Å². The normalized spacial score (nSPS) is 22.2. The first-order chi connectivity index (χ1) is 13.3. The number of nitrogens with one attached hydrogen (secondary N) is 1. The lowest BCUT2D eigenvalue weighted by molar-refractivity contribution is -0.119. The molecule has 4 rings (SSSR count). The van der Waals surface area contributed by atoms with Crippen LogP contribution >= 0.6 is 22.7 Å². The third-order valence-electron chi connectivity index (χ3n) is 6.00. The Hall–Kier alpha value is -1.73. The molecule has 0 saturated carbocycles. The van der Waals surface area contributed by atoms with E-state index in [0.29, 0.717) is 24.0 Å². The maximum Gasteiger partial charge on any atom is 0.264 e. The van der Waals surface area contributed by atoms with Crippen molar-refractivity contribution in [1.82, 2.24) is 9.88 Å². The van der Waals surface area contributed by atoms with E-state index >= 15 is 0 Å². The lowest BCUT2D eigenvalue weighted by atomic mass is 9.72. The molecule has 28 heavy (non-hydrogen) atoms. The number of likely N-dealkylation sites (tertiary alicyclic amines) is 1. The van der Waals surface area contributed by atoms with Crippen LogP contribution in [0.5, 0.6) is 0 Å². The van der Waals surface area contributed by atoms with Crippen molar-refractivity contribution in [3.05, 3.63) is 33.0 Å². The fraction of sp³-hybridized carbons (Fsp3) is 0.571. The van der Waals surface area contributed by atoms with Gasteiger partial charge in [0.2, 0.25) is 5.91 Å². The first-order valence-electron chi connectivity index (χ1n) is 9.96. The summed E-state index contributed by atoms with van der Waals surface area (Å²) in [6, 6.07) is 1.69. The Morgan fingerprint density at radius 1 is 1.29 bits per heavy atom. The fourth-order valence-electron chi connectivity index (χ4n) is 4.27. The second-order valence-electron chi connectivity index (χ2n) is 8.85. The average Bonchev–Trinajstić information content (AvgIpc) is 3.39. The third-order valence-corrected chi connectivity index (χ3v) is 7.91. The van der Waals surface area contributed by atoms with E-state index < -0.39 is 6.04 Å². The van der Waals surface area contributed by atoms with Crippen molar-refractivity contribution in [3.63, 3.8) is 0 Å². The third kappa shape index (κ3) is 3.87. The molecule has 2 aliphatic rings. The van der Waals surface area contributed by atoms with E-state index in [-0.39, 0.29) is 17.2 Å². The van der Waals surface area contributed by atoms with Gasteiger partial charge in [0.1, 0.15) is 6.04 Å². The number of hydrogen-bond acceptors (Lipinski definition) is 5. The van der Waals surface area contributed by atoms with Crippen molar-refractivity contribution < 1.29 is 9.59 Å². The summed E-state index contributed by atoms with van der Waals surface area (Å²) in [4.78, 5) is 33.9. The maximum atomic E-state index is 13.2. The van der Waals surface area contributed by atoms with Crippen LogP contribution in [0, 0.1) is 11.3 Å². The highest BCUT2D eigenvalue weighted by atomic mass is 32.1. The molecule has 3 heterocycles. The predicted molar refractivity (Wildman–Crippen MR) is 114 cm³/mol. The molecule has 0 spiro atoms. The molecule has 1 saturated heterocycles. The number of carbonyl (C=O) groups is 2. The number of rotatable bonds is 3. The molecule has 2 amide bonds. The van der Waals surface area contributed by atoms with Gasteiger partial charge >= 0.3 is 0 Å². The second kappa shape index (κ2) is 7.59. The van der Waals surface area contributed by atoms with Gasteiger partial charge in [-0.2, -0.15) is 0 Å². The van der Waals surface area contributed by atoms with E-state index in [1.807, 2.05) is 5.38 Å². The Morgan fingerprint density at radius 2 is 2.11 bits per heavy atom. The zero-order valence-electron chi connectivity index (χ0n) is 16.7. The van der Waals surface area contributed by atoms with Crippen molar-refractivity contribution >= 4 is 39.6 Å². The van der Waals surface area contributed by atoms with Gasteiger partial charge in [0.15, 0.2) is 5.13 Å². The van der Waals surface area contributed by atoms with Crippen LogP contribution in [0.15, 0.2) is 17.6 Å². The number of thiophene rings is 1. The number of thiazole rings is 1. The Kier molecular flexibility index (Phi) is 5.31. The van der Waals surface area contributed by atoms with E-state index in [0.717, 1.165) is 24.1 Å². The second-order valence-corrected chi connectivity index (χ2v) is 10.9. The average molecular weight is 418 g/mol. The summed E-state index contributed by atoms with van der Waals surface area (Å²) < 4.78 is 0. The standard InChI is InChI=1S/C21H27N3O2S2/c1-21(2,3)14-6-7-16-13(11-14)12-17(28-16)19(26)24-9-4-5-15(24)18(25)23-20-22-8-10-27-20/h8,10,12,14-15H,4-7,9,11H2,1-3H3,(H,22,23,25). The number of hydrogen-bond donors (Lipinski definition) is 1. The molecule has 0 radical (unpaired) electrons. The molecule has 5 nitrogen and oxygen atoms in total. The summed E-state index contributed by atoms with van der Waals surface area (Å²) in [5, 5.41) is 5.26. The predicted octanol–water partition coefficient (Wildman–Crippen LogP) is 4.60. The van der Waals surface area contributed by atoms with Crippen molar-refractivity contribution in [3.8, 4) is 0 Å². The van der Waals surface area contributed by atoms with Crippen LogP contribution in [0.1, 0.15) is 60.1 Å². The number of aromatic nitrogens is 1. The molecule has 2 aromatic rings. The number of amides is 2. The van der Waals surface area contributed by atoms with Crippen LogP contribution in [-0.2, 0) is 17.6 Å². The van der Waals surface area contributed by atoms with Crippen LogP contribution in [0.3, 0.4) is 0 Å². The molecule has 150 valence electrons. The maximum absolute atomic E-state index is 13.2. The molecular formula is C21H27N3O2S2. The SMILES string of the molecule is CC(C)(C)C1CCc2sc(C(=O)N3CCCC3C(=O)Nc3nccs3)cc2C1. The highest BCUT2D eigenvalue weighted by molar-refractivity contribution is 7.14. The minimum Gasteiger partial charge on any atom is -0.326 e. The summed E-state index contributed by atoms with van der Waals surface area (Å²) in [7, 11) is 0.